The first-order valence-electron chi connectivity index (χ1n) is 12.4. The van der Waals surface area contributed by atoms with Crippen molar-refractivity contribution in [2.75, 3.05) is 50.9 Å². The Labute approximate surface area is 212 Å². The fraction of sp³-hybridized carbons (Fsp3) is 0.481. The number of aromatic nitrogens is 1. The third-order valence-corrected chi connectivity index (χ3v) is 6.82. The molecule has 0 saturated heterocycles. The van der Waals surface area contributed by atoms with Gasteiger partial charge in [-0.1, -0.05) is 37.3 Å². The van der Waals surface area contributed by atoms with E-state index in [0.717, 1.165) is 35.4 Å². The van der Waals surface area contributed by atoms with Crippen molar-refractivity contribution in [1.29, 1.82) is 0 Å². The van der Waals surface area contributed by atoms with Crippen LogP contribution in [0.3, 0.4) is 0 Å². The second kappa shape index (κ2) is 12.7. The zero-order valence-electron chi connectivity index (χ0n) is 21.7. The molecule has 0 aliphatic rings. The molecule has 7 nitrogen and oxygen atoms in total. The number of para-hydroxylation sites is 1. The number of rotatable bonds is 13. The van der Waals surface area contributed by atoms with Crippen molar-refractivity contribution >= 4 is 32.6 Å². The van der Waals surface area contributed by atoms with Gasteiger partial charge in [-0.15, -0.1) is 0 Å². The zero-order chi connectivity index (χ0) is 25.4. The Balaban J connectivity index is 2.08. The van der Waals surface area contributed by atoms with Gasteiger partial charge in [-0.25, -0.2) is 4.98 Å². The van der Waals surface area contributed by atoms with Crippen molar-refractivity contribution in [3.63, 3.8) is 0 Å². The first kappa shape index (κ1) is 26.8. The molecule has 190 valence electrons. The second-order valence-electron chi connectivity index (χ2n) is 8.00. The van der Waals surface area contributed by atoms with Gasteiger partial charge in [-0.3, -0.25) is 9.69 Å². The summed E-state index contributed by atoms with van der Waals surface area (Å²) >= 11 is 1.54. The van der Waals surface area contributed by atoms with Gasteiger partial charge in [-0.05, 0) is 64.5 Å². The van der Waals surface area contributed by atoms with Crippen molar-refractivity contribution in [1.82, 2.24) is 9.88 Å². The van der Waals surface area contributed by atoms with Gasteiger partial charge < -0.3 is 19.1 Å². The normalized spacial score (nSPS) is 11.2. The minimum Gasteiger partial charge on any atom is -0.490 e. The van der Waals surface area contributed by atoms with E-state index < -0.39 is 0 Å². The highest BCUT2D eigenvalue weighted by Gasteiger charge is 2.25. The number of ether oxygens (including phenoxy) is 3. The van der Waals surface area contributed by atoms with Crippen molar-refractivity contribution in [3.8, 4) is 17.2 Å². The number of hydrogen-bond acceptors (Lipinski definition) is 7. The number of anilines is 1. The molecule has 0 bridgehead atoms. The van der Waals surface area contributed by atoms with Crippen LogP contribution in [0.15, 0.2) is 30.3 Å². The summed E-state index contributed by atoms with van der Waals surface area (Å²) in [6.07, 6.45) is 0. The molecule has 1 amide bonds. The number of hydrogen-bond donors (Lipinski definition) is 0. The third-order valence-electron chi connectivity index (χ3n) is 5.78. The number of thiazole rings is 1. The number of aryl methyl sites for hydroxylation is 1. The largest absolute Gasteiger partial charge is 0.490 e. The average Bonchev–Trinajstić information content (AvgIpc) is 3.29. The second-order valence-corrected chi connectivity index (χ2v) is 9.01. The summed E-state index contributed by atoms with van der Waals surface area (Å²) in [6, 6.07) is 9.62. The van der Waals surface area contributed by atoms with Crippen molar-refractivity contribution in [2.45, 2.75) is 41.5 Å². The zero-order valence-corrected chi connectivity index (χ0v) is 22.5. The number of likely N-dealkylation sites (N-methyl/N-ethyl adjacent to an activating group) is 1. The highest BCUT2D eigenvalue weighted by atomic mass is 32.1. The number of carbonyl (C=O) groups is 1. The summed E-state index contributed by atoms with van der Waals surface area (Å²) in [5, 5.41) is 0.691. The summed E-state index contributed by atoms with van der Waals surface area (Å²) in [4.78, 5) is 23.0. The van der Waals surface area contributed by atoms with Crippen molar-refractivity contribution in [2.24, 2.45) is 0 Å². The standard InChI is InChI=1S/C27H37N3O4S/c1-7-29(8-2)15-16-30(27-28-24-19(6)13-12-14-23(24)35-27)26(31)20-17-21(32-9-3)25(34-11-5)22(18-20)33-10-4/h12-14,17-18H,7-11,15-16H2,1-6H3. The minimum atomic E-state index is -0.140. The van der Waals surface area contributed by atoms with Crippen LogP contribution in [0, 0.1) is 6.92 Å². The maximum absolute atomic E-state index is 14.0. The molecule has 0 aliphatic carbocycles. The monoisotopic (exact) mass is 499 g/mol. The van der Waals surface area contributed by atoms with E-state index in [0.29, 0.717) is 54.3 Å². The number of amides is 1. The molecule has 35 heavy (non-hydrogen) atoms. The highest BCUT2D eigenvalue weighted by Crippen LogP contribution is 2.40. The van der Waals surface area contributed by atoms with Crippen LogP contribution in [-0.4, -0.2) is 61.8 Å². The fourth-order valence-corrected chi connectivity index (χ4v) is 4.99. The van der Waals surface area contributed by atoms with Crippen molar-refractivity contribution < 1.29 is 19.0 Å². The van der Waals surface area contributed by atoms with Gasteiger partial charge in [0.15, 0.2) is 16.6 Å². The first-order chi connectivity index (χ1) is 17.0. The number of carbonyl (C=O) groups excluding carboxylic acids is 1. The van der Waals surface area contributed by atoms with E-state index in [9.17, 15) is 4.79 Å². The van der Waals surface area contributed by atoms with Crippen molar-refractivity contribution in [3.05, 3.63) is 41.5 Å². The molecule has 0 radical (unpaired) electrons. The van der Waals surface area contributed by atoms with Gasteiger partial charge in [0.1, 0.15) is 0 Å². The van der Waals surface area contributed by atoms with E-state index >= 15 is 0 Å². The first-order valence-corrected chi connectivity index (χ1v) is 13.3. The lowest BCUT2D eigenvalue weighted by molar-refractivity contribution is 0.0982. The molecule has 1 heterocycles. The van der Waals surface area contributed by atoms with E-state index in [1.165, 1.54) is 11.3 Å². The molecule has 0 N–H and O–H groups in total. The molecule has 8 heteroatoms. The molecule has 2 aromatic carbocycles. The van der Waals surface area contributed by atoms with Gasteiger partial charge in [0.25, 0.3) is 5.91 Å². The predicted octanol–water partition coefficient (Wildman–Crippen LogP) is 5.79. The number of benzene rings is 2. The van der Waals surface area contributed by atoms with E-state index in [1.807, 2.05) is 45.9 Å². The van der Waals surface area contributed by atoms with Crippen LogP contribution >= 0.6 is 11.3 Å². The van der Waals surface area contributed by atoms with E-state index in [2.05, 4.69) is 18.7 Å². The number of nitrogens with zero attached hydrogens (tertiary/aromatic N) is 3. The quantitative estimate of drug-likeness (QED) is 0.297. The van der Waals surface area contributed by atoms with Gasteiger partial charge in [-0.2, -0.15) is 0 Å². The SMILES string of the molecule is CCOc1cc(C(=O)N(CCN(CC)CC)c2nc3c(C)cccc3s2)cc(OCC)c1OCC. The maximum Gasteiger partial charge on any atom is 0.260 e. The van der Waals surface area contributed by atoms with Crippen LogP contribution in [0.4, 0.5) is 5.13 Å². The van der Waals surface area contributed by atoms with Gasteiger partial charge in [0.2, 0.25) is 5.75 Å². The lowest BCUT2D eigenvalue weighted by Gasteiger charge is -2.25. The van der Waals surface area contributed by atoms with E-state index in [-0.39, 0.29) is 5.91 Å². The van der Waals surface area contributed by atoms with Crippen LogP contribution < -0.4 is 19.1 Å². The molecule has 0 spiro atoms. The molecule has 0 fully saturated rings. The molecule has 1 aromatic heterocycles. The van der Waals surface area contributed by atoms with Gasteiger partial charge in [0.05, 0.1) is 30.0 Å². The third kappa shape index (κ3) is 6.24. The topological polar surface area (TPSA) is 64.1 Å². The summed E-state index contributed by atoms with van der Waals surface area (Å²) in [5.41, 5.74) is 2.51. The Morgan fingerprint density at radius 1 is 0.914 bits per heavy atom. The maximum atomic E-state index is 14.0. The van der Waals surface area contributed by atoms with Gasteiger partial charge >= 0.3 is 0 Å². The Morgan fingerprint density at radius 2 is 1.54 bits per heavy atom. The Bertz CT molecular complexity index is 1100. The van der Waals surface area contributed by atoms with Crippen LogP contribution in [0.5, 0.6) is 17.2 Å². The van der Waals surface area contributed by atoms with Crippen LogP contribution in [0.1, 0.15) is 50.5 Å². The fourth-order valence-electron chi connectivity index (χ4n) is 3.92. The molecule has 3 rings (SSSR count). The van der Waals surface area contributed by atoms with Crippen LogP contribution in [-0.2, 0) is 0 Å². The molecular formula is C27H37N3O4S. The predicted molar refractivity (Wildman–Crippen MR) is 144 cm³/mol. The van der Waals surface area contributed by atoms with E-state index in [1.54, 1.807) is 17.0 Å². The lowest BCUT2D eigenvalue weighted by Crippen LogP contribution is -2.39. The molecule has 0 unspecified atom stereocenters. The Hall–Kier alpha value is -2.84. The number of fused-ring (bicyclic) bond motifs is 1. The van der Waals surface area contributed by atoms with Crippen LogP contribution in [0.25, 0.3) is 10.2 Å². The summed E-state index contributed by atoms with van der Waals surface area (Å²) in [6.45, 7) is 16.5. The molecule has 0 saturated carbocycles. The van der Waals surface area contributed by atoms with E-state index in [4.69, 9.17) is 19.2 Å². The Kier molecular flexibility index (Phi) is 9.74. The Morgan fingerprint density at radius 3 is 2.09 bits per heavy atom. The molecular weight excluding hydrogens is 462 g/mol. The molecule has 3 aromatic rings. The van der Waals surface area contributed by atoms with Gasteiger partial charge in [0, 0.05) is 18.7 Å². The molecule has 0 aliphatic heterocycles. The minimum absolute atomic E-state index is 0.140. The summed E-state index contributed by atoms with van der Waals surface area (Å²) in [7, 11) is 0. The summed E-state index contributed by atoms with van der Waals surface area (Å²) in [5.74, 6) is 1.40. The highest BCUT2D eigenvalue weighted by molar-refractivity contribution is 7.22. The smallest absolute Gasteiger partial charge is 0.260 e. The molecule has 0 atom stereocenters. The lowest BCUT2D eigenvalue weighted by atomic mass is 10.1. The van der Waals surface area contributed by atoms with Crippen LogP contribution in [0.2, 0.25) is 0 Å². The average molecular weight is 500 g/mol. The summed E-state index contributed by atoms with van der Waals surface area (Å²) < 4.78 is 18.6.